The van der Waals surface area contributed by atoms with Crippen LogP contribution in [0.2, 0.25) is 10.0 Å². The highest BCUT2D eigenvalue weighted by Gasteiger charge is 2.21. The predicted molar refractivity (Wildman–Crippen MR) is 80.1 cm³/mol. The molecule has 0 saturated heterocycles. The van der Waals surface area contributed by atoms with Crippen LogP contribution in [0.5, 0.6) is 11.8 Å². The average molecular weight is 330 g/mol. The second kappa shape index (κ2) is 6.34. The Morgan fingerprint density at radius 3 is 2.24 bits per heavy atom. The highest BCUT2D eigenvalue weighted by molar-refractivity contribution is 6.43. The van der Waals surface area contributed by atoms with Gasteiger partial charge in [-0.05, 0) is 6.07 Å². The molecule has 1 unspecified atom stereocenters. The number of aromatic nitrogens is 2. The molecule has 0 aliphatic heterocycles. The molecule has 6 nitrogen and oxygen atoms in total. The Labute approximate surface area is 131 Å². The van der Waals surface area contributed by atoms with Crippen LogP contribution < -0.4 is 15.2 Å². The van der Waals surface area contributed by atoms with Gasteiger partial charge < -0.3 is 20.3 Å². The Kier molecular flexibility index (Phi) is 4.72. The summed E-state index contributed by atoms with van der Waals surface area (Å²) in [5.41, 5.74) is 6.38. The van der Waals surface area contributed by atoms with Crippen molar-refractivity contribution in [2.45, 2.75) is 6.10 Å². The lowest BCUT2D eigenvalue weighted by Gasteiger charge is -2.15. The van der Waals surface area contributed by atoms with Crippen molar-refractivity contribution in [3.63, 3.8) is 0 Å². The Morgan fingerprint density at radius 2 is 1.71 bits per heavy atom. The molecule has 0 fully saturated rings. The summed E-state index contributed by atoms with van der Waals surface area (Å²) in [6, 6.07) is 4.59. The van der Waals surface area contributed by atoms with E-state index >= 15 is 0 Å². The third-order valence-electron chi connectivity index (χ3n) is 2.82. The quantitative estimate of drug-likeness (QED) is 0.837. The van der Waals surface area contributed by atoms with Gasteiger partial charge in [0.05, 0.1) is 36.0 Å². The standard InChI is InChI=1S/C13H13Cl2N3O3/c1-20-8-5-9(21-2)18-13(17-8)12(19)6-3-4-7(14)10(15)11(6)16/h3-5,12,19H,16H2,1-2H3. The topological polar surface area (TPSA) is 90.5 Å². The van der Waals surface area contributed by atoms with Crippen molar-refractivity contribution < 1.29 is 14.6 Å². The fourth-order valence-electron chi connectivity index (χ4n) is 1.71. The van der Waals surface area contributed by atoms with Crippen molar-refractivity contribution in [1.82, 2.24) is 9.97 Å². The number of benzene rings is 1. The van der Waals surface area contributed by atoms with E-state index in [0.29, 0.717) is 10.6 Å². The minimum Gasteiger partial charge on any atom is -0.481 e. The SMILES string of the molecule is COc1cc(OC)nc(C(O)c2ccc(Cl)c(Cl)c2N)n1. The zero-order chi connectivity index (χ0) is 15.6. The van der Waals surface area contributed by atoms with Crippen LogP contribution in [-0.4, -0.2) is 29.3 Å². The van der Waals surface area contributed by atoms with Crippen LogP contribution in [0.25, 0.3) is 0 Å². The third-order valence-corrected chi connectivity index (χ3v) is 3.64. The van der Waals surface area contributed by atoms with Gasteiger partial charge in [0.2, 0.25) is 11.8 Å². The van der Waals surface area contributed by atoms with E-state index in [-0.39, 0.29) is 28.3 Å². The van der Waals surface area contributed by atoms with Crippen LogP contribution in [0.3, 0.4) is 0 Å². The van der Waals surface area contributed by atoms with Crippen LogP contribution in [-0.2, 0) is 0 Å². The number of rotatable bonds is 4. The molecule has 0 amide bonds. The van der Waals surface area contributed by atoms with Gasteiger partial charge in [0.1, 0.15) is 6.10 Å². The first-order chi connectivity index (χ1) is 9.97. The highest BCUT2D eigenvalue weighted by Crippen LogP contribution is 2.35. The molecule has 0 spiro atoms. The smallest absolute Gasteiger partial charge is 0.220 e. The zero-order valence-corrected chi connectivity index (χ0v) is 12.8. The Hall–Kier alpha value is -1.76. The van der Waals surface area contributed by atoms with Gasteiger partial charge in [0.25, 0.3) is 0 Å². The van der Waals surface area contributed by atoms with Gasteiger partial charge in [-0.2, -0.15) is 9.97 Å². The summed E-state index contributed by atoms with van der Waals surface area (Å²) >= 11 is 11.8. The second-order valence-corrected chi connectivity index (χ2v) is 4.86. The molecule has 2 rings (SSSR count). The number of aliphatic hydroxyl groups is 1. The number of nitrogen functional groups attached to an aromatic ring is 1. The van der Waals surface area contributed by atoms with E-state index in [0.717, 1.165) is 0 Å². The van der Waals surface area contributed by atoms with Crippen LogP contribution in [0.15, 0.2) is 18.2 Å². The minimum atomic E-state index is -1.19. The largest absolute Gasteiger partial charge is 0.481 e. The molecule has 0 radical (unpaired) electrons. The third kappa shape index (κ3) is 3.12. The first-order valence-corrected chi connectivity index (χ1v) is 6.62. The van der Waals surface area contributed by atoms with Crippen LogP contribution >= 0.6 is 23.2 Å². The summed E-state index contributed by atoms with van der Waals surface area (Å²) in [4.78, 5) is 8.15. The number of ether oxygens (including phenoxy) is 2. The molecule has 0 aliphatic carbocycles. The molecule has 2 aromatic rings. The van der Waals surface area contributed by atoms with Gasteiger partial charge in [-0.3, -0.25) is 0 Å². The molecule has 8 heteroatoms. The van der Waals surface area contributed by atoms with E-state index in [1.807, 2.05) is 0 Å². The number of aliphatic hydroxyl groups excluding tert-OH is 1. The van der Waals surface area contributed by atoms with Crippen molar-refractivity contribution in [3.8, 4) is 11.8 Å². The lowest BCUT2D eigenvalue weighted by atomic mass is 10.1. The van der Waals surface area contributed by atoms with Crippen LogP contribution in [0.1, 0.15) is 17.5 Å². The maximum atomic E-state index is 10.4. The maximum Gasteiger partial charge on any atom is 0.220 e. The first kappa shape index (κ1) is 15.6. The number of hydrogen-bond acceptors (Lipinski definition) is 6. The van der Waals surface area contributed by atoms with E-state index in [2.05, 4.69) is 9.97 Å². The van der Waals surface area contributed by atoms with Crippen molar-refractivity contribution >= 4 is 28.9 Å². The Bertz CT molecular complexity index is 645. The van der Waals surface area contributed by atoms with Gasteiger partial charge in [-0.1, -0.05) is 29.3 Å². The van der Waals surface area contributed by atoms with Gasteiger partial charge in [0, 0.05) is 5.56 Å². The summed E-state index contributed by atoms with van der Waals surface area (Å²) in [6.07, 6.45) is -1.19. The number of hydrogen-bond donors (Lipinski definition) is 2. The number of nitrogens with zero attached hydrogens (tertiary/aromatic N) is 2. The molecule has 1 heterocycles. The molecule has 21 heavy (non-hydrogen) atoms. The van der Waals surface area contributed by atoms with E-state index < -0.39 is 6.10 Å². The lowest BCUT2D eigenvalue weighted by molar-refractivity contribution is 0.206. The van der Waals surface area contributed by atoms with Crippen molar-refractivity contribution in [3.05, 3.63) is 39.6 Å². The molecule has 1 aromatic heterocycles. The normalized spacial score (nSPS) is 12.0. The fraction of sp³-hybridized carbons (Fsp3) is 0.231. The summed E-state index contributed by atoms with van der Waals surface area (Å²) in [5, 5.41) is 10.9. The van der Waals surface area contributed by atoms with Crippen LogP contribution in [0.4, 0.5) is 5.69 Å². The van der Waals surface area contributed by atoms with E-state index in [9.17, 15) is 5.11 Å². The van der Waals surface area contributed by atoms with Crippen molar-refractivity contribution in [2.75, 3.05) is 20.0 Å². The molecule has 0 saturated carbocycles. The van der Waals surface area contributed by atoms with Crippen molar-refractivity contribution in [2.24, 2.45) is 0 Å². The molecule has 1 aromatic carbocycles. The minimum absolute atomic E-state index is 0.0799. The molecular formula is C13H13Cl2N3O3. The van der Waals surface area contributed by atoms with Gasteiger partial charge in [-0.15, -0.1) is 0 Å². The monoisotopic (exact) mass is 329 g/mol. The summed E-state index contributed by atoms with van der Waals surface area (Å²) in [7, 11) is 2.90. The van der Waals surface area contributed by atoms with E-state index in [1.54, 1.807) is 6.07 Å². The predicted octanol–water partition coefficient (Wildman–Crippen LogP) is 2.46. The molecule has 0 aliphatic rings. The first-order valence-electron chi connectivity index (χ1n) is 5.86. The summed E-state index contributed by atoms with van der Waals surface area (Å²) < 4.78 is 10.1. The Morgan fingerprint density at radius 1 is 1.14 bits per heavy atom. The average Bonchev–Trinajstić information content (AvgIpc) is 2.51. The molecule has 3 N–H and O–H groups in total. The number of halogens is 2. The van der Waals surface area contributed by atoms with E-state index in [1.165, 1.54) is 26.4 Å². The number of anilines is 1. The zero-order valence-electron chi connectivity index (χ0n) is 11.3. The second-order valence-electron chi connectivity index (χ2n) is 4.08. The molecule has 0 bridgehead atoms. The van der Waals surface area contributed by atoms with Gasteiger partial charge >= 0.3 is 0 Å². The number of nitrogens with two attached hydrogens (primary N) is 1. The van der Waals surface area contributed by atoms with Crippen molar-refractivity contribution in [1.29, 1.82) is 0 Å². The fourth-order valence-corrected chi connectivity index (χ4v) is 2.05. The highest BCUT2D eigenvalue weighted by atomic mass is 35.5. The molecule has 1 atom stereocenters. The van der Waals surface area contributed by atoms with Gasteiger partial charge in [-0.25, -0.2) is 0 Å². The number of methoxy groups -OCH3 is 2. The van der Waals surface area contributed by atoms with E-state index in [4.69, 9.17) is 38.4 Å². The molecule has 112 valence electrons. The molecular weight excluding hydrogens is 317 g/mol. The lowest BCUT2D eigenvalue weighted by Crippen LogP contribution is -2.10. The van der Waals surface area contributed by atoms with Gasteiger partial charge in [0.15, 0.2) is 5.82 Å². The summed E-state index contributed by atoms with van der Waals surface area (Å²) in [5.74, 6) is 0.598. The summed E-state index contributed by atoms with van der Waals surface area (Å²) in [6.45, 7) is 0. The Balaban J connectivity index is 2.49. The maximum absolute atomic E-state index is 10.4. The van der Waals surface area contributed by atoms with Crippen LogP contribution in [0, 0.1) is 0 Å².